The maximum atomic E-state index is 13.4. The summed E-state index contributed by atoms with van der Waals surface area (Å²) >= 11 is 0. The van der Waals surface area contributed by atoms with Crippen LogP contribution in [-0.4, -0.2) is 18.8 Å². The molecule has 0 aromatic heterocycles. The largest absolute Gasteiger partial charge is 0.376 e. The lowest BCUT2D eigenvalue weighted by atomic mass is 9.83. The summed E-state index contributed by atoms with van der Waals surface area (Å²) < 4.78 is 32.8. The van der Waals surface area contributed by atoms with Crippen LogP contribution < -0.4 is 5.32 Å². The van der Waals surface area contributed by atoms with Gasteiger partial charge in [-0.15, -0.1) is 0 Å². The second-order valence-electron chi connectivity index (χ2n) is 7.57. The molecule has 1 aliphatic heterocycles. The Bertz CT molecular complexity index is 869. The van der Waals surface area contributed by atoms with Crippen molar-refractivity contribution >= 4 is 0 Å². The van der Waals surface area contributed by atoms with Gasteiger partial charge in [0.1, 0.15) is 0 Å². The Labute approximate surface area is 170 Å². The number of rotatable bonds is 6. The van der Waals surface area contributed by atoms with Gasteiger partial charge >= 0.3 is 0 Å². The van der Waals surface area contributed by atoms with Crippen molar-refractivity contribution < 1.29 is 13.5 Å². The average Bonchev–Trinajstić information content (AvgIpc) is 2.77. The Hall–Kier alpha value is -2.56. The molecular weight excluding hydrogens is 368 g/mol. The van der Waals surface area contributed by atoms with Crippen LogP contribution in [0.25, 0.3) is 0 Å². The highest BCUT2D eigenvalue weighted by Crippen LogP contribution is 2.34. The van der Waals surface area contributed by atoms with Crippen molar-refractivity contribution in [2.45, 2.75) is 37.5 Å². The molecule has 2 nitrogen and oxygen atoms in total. The van der Waals surface area contributed by atoms with Crippen molar-refractivity contribution in [3.63, 3.8) is 0 Å². The molecule has 0 radical (unpaired) electrons. The van der Waals surface area contributed by atoms with Crippen LogP contribution >= 0.6 is 0 Å². The minimum Gasteiger partial charge on any atom is -0.376 e. The molecule has 2 atom stereocenters. The molecule has 1 fully saturated rings. The SMILES string of the molecule is Fc1ccc(CN[C@H]2CC[C@@H](C(c3ccccc3)c3ccccc3)OC2)cc1F. The lowest BCUT2D eigenvalue weighted by molar-refractivity contribution is -0.0116. The topological polar surface area (TPSA) is 21.3 Å². The van der Waals surface area contributed by atoms with Gasteiger partial charge in [-0.1, -0.05) is 66.7 Å². The van der Waals surface area contributed by atoms with E-state index in [-0.39, 0.29) is 18.1 Å². The van der Waals surface area contributed by atoms with Crippen LogP contribution in [-0.2, 0) is 11.3 Å². The molecule has 1 aliphatic rings. The summed E-state index contributed by atoms with van der Waals surface area (Å²) in [5, 5.41) is 3.41. The van der Waals surface area contributed by atoms with E-state index in [0.29, 0.717) is 13.2 Å². The fourth-order valence-corrected chi connectivity index (χ4v) is 4.05. The van der Waals surface area contributed by atoms with Crippen LogP contribution in [0.15, 0.2) is 78.9 Å². The molecule has 3 aromatic rings. The molecule has 0 spiro atoms. The number of ether oxygens (including phenoxy) is 1. The van der Waals surface area contributed by atoms with Crippen LogP contribution in [0.3, 0.4) is 0 Å². The first-order chi connectivity index (χ1) is 14.2. The number of nitrogens with one attached hydrogen (secondary N) is 1. The van der Waals surface area contributed by atoms with Crippen LogP contribution in [0.2, 0.25) is 0 Å². The summed E-state index contributed by atoms with van der Waals surface area (Å²) in [5.74, 6) is -1.42. The van der Waals surface area contributed by atoms with Gasteiger partial charge in [-0.05, 0) is 41.7 Å². The van der Waals surface area contributed by atoms with Gasteiger partial charge < -0.3 is 10.1 Å². The maximum absolute atomic E-state index is 13.4. The minimum absolute atomic E-state index is 0.112. The fourth-order valence-electron chi connectivity index (χ4n) is 4.05. The van der Waals surface area contributed by atoms with Gasteiger partial charge in [0.05, 0.1) is 12.7 Å². The zero-order valence-corrected chi connectivity index (χ0v) is 16.2. The van der Waals surface area contributed by atoms with Crippen LogP contribution in [0, 0.1) is 11.6 Å². The summed E-state index contributed by atoms with van der Waals surface area (Å²) in [7, 11) is 0. The van der Waals surface area contributed by atoms with E-state index >= 15 is 0 Å². The highest BCUT2D eigenvalue weighted by atomic mass is 19.2. The lowest BCUT2D eigenvalue weighted by Crippen LogP contribution is -2.41. The summed E-state index contributed by atoms with van der Waals surface area (Å²) in [6.07, 6.45) is 2.02. The quantitative estimate of drug-likeness (QED) is 0.603. The molecule has 4 rings (SSSR count). The first-order valence-corrected chi connectivity index (χ1v) is 10.1. The first kappa shape index (κ1) is 19.7. The Kier molecular flexibility index (Phi) is 6.33. The molecular formula is C25H25F2NO. The zero-order valence-electron chi connectivity index (χ0n) is 16.2. The Morgan fingerprint density at radius 1 is 0.828 bits per heavy atom. The second-order valence-corrected chi connectivity index (χ2v) is 7.57. The molecule has 1 saturated heterocycles. The number of hydrogen-bond donors (Lipinski definition) is 1. The first-order valence-electron chi connectivity index (χ1n) is 10.1. The number of hydrogen-bond acceptors (Lipinski definition) is 2. The molecule has 0 bridgehead atoms. The van der Waals surface area contributed by atoms with Crippen LogP contribution in [0.4, 0.5) is 8.78 Å². The molecule has 4 heteroatoms. The summed E-state index contributed by atoms with van der Waals surface area (Å²) in [6.45, 7) is 1.10. The third-order valence-electron chi connectivity index (χ3n) is 5.58. The van der Waals surface area contributed by atoms with Crippen molar-refractivity contribution in [1.29, 1.82) is 0 Å². The van der Waals surface area contributed by atoms with E-state index in [2.05, 4.69) is 53.8 Å². The van der Waals surface area contributed by atoms with Crippen molar-refractivity contribution in [2.75, 3.05) is 6.61 Å². The maximum Gasteiger partial charge on any atom is 0.159 e. The lowest BCUT2D eigenvalue weighted by Gasteiger charge is -2.35. The summed E-state index contributed by atoms with van der Waals surface area (Å²) in [6, 6.07) is 25.2. The molecule has 1 N–H and O–H groups in total. The predicted molar refractivity (Wildman–Crippen MR) is 111 cm³/mol. The van der Waals surface area contributed by atoms with E-state index in [1.807, 2.05) is 12.1 Å². The van der Waals surface area contributed by atoms with E-state index < -0.39 is 11.6 Å². The molecule has 0 aliphatic carbocycles. The van der Waals surface area contributed by atoms with E-state index in [1.165, 1.54) is 23.3 Å². The Morgan fingerprint density at radius 2 is 1.48 bits per heavy atom. The smallest absolute Gasteiger partial charge is 0.159 e. The Morgan fingerprint density at radius 3 is 2.03 bits per heavy atom. The fraction of sp³-hybridized carbons (Fsp3) is 0.280. The van der Waals surface area contributed by atoms with Crippen molar-refractivity contribution in [3.8, 4) is 0 Å². The summed E-state index contributed by atoms with van der Waals surface area (Å²) in [4.78, 5) is 0. The van der Waals surface area contributed by atoms with E-state index in [9.17, 15) is 8.78 Å². The van der Waals surface area contributed by atoms with Crippen LogP contribution in [0.1, 0.15) is 35.4 Å². The van der Waals surface area contributed by atoms with Gasteiger partial charge in [0, 0.05) is 18.5 Å². The van der Waals surface area contributed by atoms with Crippen molar-refractivity contribution in [2.24, 2.45) is 0 Å². The minimum atomic E-state index is -0.814. The molecule has 0 saturated carbocycles. The highest BCUT2D eigenvalue weighted by Gasteiger charge is 2.30. The molecule has 0 amide bonds. The van der Waals surface area contributed by atoms with Crippen molar-refractivity contribution in [3.05, 3.63) is 107 Å². The standard InChI is InChI=1S/C25H25F2NO/c26-22-13-11-18(15-23(22)27)16-28-21-12-14-24(29-17-21)25(19-7-3-1-4-8-19)20-9-5-2-6-10-20/h1-11,13,15,21,24-25,28H,12,14,16-17H2/t21-,24-/m0/s1. The van der Waals surface area contributed by atoms with Gasteiger partial charge in [0.2, 0.25) is 0 Å². The molecule has 29 heavy (non-hydrogen) atoms. The monoisotopic (exact) mass is 393 g/mol. The summed E-state index contributed by atoms with van der Waals surface area (Å²) in [5.41, 5.74) is 3.26. The van der Waals surface area contributed by atoms with Crippen LogP contribution in [0.5, 0.6) is 0 Å². The third kappa shape index (κ3) is 4.89. The van der Waals surface area contributed by atoms with Gasteiger partial charge in [-0.3, -0.25) is 0 Å². The van der Waals surface area contributed by atoms with Gasteiger partial charge in [-0.2, -0.15) is 0 Å². The van der Waals surface area contributed by atoms with Gasteiger partial charge in [-0.25, -0.2) is 8.78 Å². The Balaban J connectivity index is 1.39. The van der Waals surface area contributed by atoms with Gasteiger partial charge in [0.15, 0.2) is 11.6 Å². The second kappa shape index (κ2) is 9.29. The number of benzene rings is 3. The number of halogens is 2. The molecule has 150 valence electrons. The molecule has 0 unspecified atom stereocenters. The predicted octanol–water partition coefficient (Wildman–Crippen LogP) is 5.43. The average molecular weight is 393 g/mol. The van der Waals surface area contributed by atoms with E-state index in [1.54, 1.807) is 6.07 Å². The van der Waals surface area contributed by atoms with Gasteiger partial charge in [0.25, 0.3) is 0 Å². The molecule has 3 aromatic carbocycles. The highest BCUT2D eigenvalue weighted by molar-refractivity contribution is 5.34. The molecule has 1 heterocycles. The normalized spacial score (nSPS) is 19.4. The van der Waals surface area contributed by atoms with E-state index in [0.717, 1.165) is 18.4 Å². The van der Waals surface area contributed by atoms with Crippen molar-refractivity contribution in [1.82, 2.24) is 5.32 Å². The zero-order chi connectivity index (χ0) is 20.1. The van der Waals surface area contributed by atoms with E-state index in [4.69, 9.17) is 4.74 Å². The third-order valence-corrected chi connectivity index (χ3v) is 5.58.